The van der Waals surface area contributed by atoms with E-state index < -0.39 is 0 Å². The highest BCUT2D eigenvalue weighted by atomic mass is 127. The van der Waals surface area contributed by atoms with Crippen LogP contribution in [0.2, 0.25) is 0 Å². The zero-order valence-corrected chi connectivity index (χ0v) is 19.6. The van der Waals surface area contributed by atoms with Crippen LogP contribution in [-0.2, 0) is 6.54 Å². The molecule has 0 saturated heterocycles. The van der Waals surface area contributed by atoms with Crippen LogP contribution in [0.25, 0.3) is 0 Å². The number of methoxy groups -OCH3 is 1. The number of rotatable bonds is 10. The topological polar surface area (TPSA) is 76.9 Å². The molecule has 0 bridgehead atoms. The van der Waals surface area contributed by atoms with E-state index in [-0.39, 0.29) is 29.5 Å². The first-order chi connectivity index (χ1) is 13.7. The van der Waals surface area contributed by atoms with Crippen LogP contribution in [0.3, 0.4) is 0 Å². The standard InChI is InChI=1S/C21H30N4O3.HI/c1-4-22-21(23-13-7-9-15-25-14-8-6-10-20(25)26)24-17-11-12-18(27-3)19(16-17)28-5-2;/h6,8,10-12,14,16H,4-5,7,9,13,15H2,1-3H3,(H2,22,23,24);1H. The Balaban J connectivity index is 0.00000420. The fourth-order valence-corrected chi connectivity index (χ4v) is 2.70. The lowest BCUT2D eigenvalue weighted by Crippen LogP contribution is -2.30. The summed E-state index contributed by atoms with van der Waals surface area (Å²) in [7, 11) is 1.63. The summed E-state index contributed by atoms with van der Waals surface area (Å²) in [5.41, 5.74) is 0.908. The molecule has 0 atom stereocenters. The van der Waals surface area contributed by atoms with Crippen molar-refractivity contribution in [3.05, 3.63) is 52.9 Å². The number of nitrogens with one attached hydrogen (secondary N) is 2. The van der Waals surface area contributed by atoms with E-state index in [0.717, 1.165) is 25.1 Å². The summed E-state index contributed by atoms with van der Waals surface area (Å²) in [5, 5.41) is 6.54. The van der Waals surface area contributed by atoms with Crippen molar-refractivity contribution < 1.29 is 9.47 Å². The van der Waals surface area contributed by atoms with Gasteiger partial charge in [-0.25, -0.2) is 0 Å². The molecule has 7 nitrogen and oxygen atoms in total. The zero-order chi connectivity index (χ0) is 20.2. The van der Waals surface area contributed by atoms with Gasteiger partial charge in [0.15, 0.2) is 17.5 Å². The molecule has 160 valence electrons. The lowest BCUT2D eigenvalue weighted by atomic mass is 10.2. The van der Waals surface area contributed by atoms with Gasteiger partial charge < -0.3 is 24.7 Å². The number of guanidine groups is 1. The number of hydrogen-bond acceptors (Lipinski definition) is 4. The lowest BCUT2D eigenvalue weighted by Gasteiger charge is -2.14. The molecule has 0 aliphatic carbocycles. The quantitative estimate of drug-likeness (QED) is 0.219. The molecule has 0 fully saturated rings. The highest BCUT2D eigenvalue weighted by molar-refractivity contribution is 14.0. The Morgan fingerprint density at radius 2 is 1.97 bits per heavy atom. The Labute approximate surface area is 189 Å². The number of aromatic nitrogens is 1. The smallest absolute Gasteiger partial charge is 0.250 e. The fraction of sp³-hybridized carbons (Fsp3) is 0.429. The van der Waals surface area contributed by atoms with Crippen molar-refractivity contribution in [2.75, 3.05) is 32.1 Å². The summed E-state index contributed by atoms with van der Waals surface area (Å²) < 4.78 is 12.7. The number of aryl methyl sites for hydroxylation is 1. The number of benzene rings is 1. The molecule has 0 aliphatic rings. The van der Waals surface area contributed by atoms with Crippen molar-refractivity contribution in [1.29, 1.82) is 0 Å². The Hall–Kier alpha value is -2.23. The maximum Gasteiger partial charge on any atom is 0.250 e. The minimum absolute atomic E-state index is 0. The van der Waals surface area contributed by atoms with E-state index >= 15 is 0 Å². The summed E-state index contributed by atoms with van der Waals surface area (Å²) >= 11 is 0. The van der Waals surface area contributed by atoms with Gasteiger partial charge in [-0.3, -0.25) is 9.79 Å². The first-order valence-corrected chi connectivity index (χ1v) is 9.69. The van der Waals surface area contributed by atoms with Gasteiger partial charge in [0.2, 0.25) is 5.56 Å². The molecule has 0 saturated carbocycles. The molecule has 0 spiro atoms. The maximum atomic E-state index is 11.7. The highest BCUT2D eigenvalue weighted by Crippen LogP contribution is 2.30. The molecule has 1 aromatic heterocycles. The maximum absolute atomic E-state index is 11.7. The minimum atomic E-state index is 0. The van der Waals surface area contributed by atoms with Gasteiger partial charge in [-0.05, 0) is 44.9 Å². The van der Waals surface area contributed by atoms with Crippen LogP contribution in [-0.4, -0.2) is 37.3 Å². The van der Waals surface area contributed by atoms with Gasteiger partial charge in [-0.2, -0.15) is 0 Å². The third-order valence-electron chi connectivity index (χ3n) is 4.05. The van der Waals surface area contributed by atoms with Gasteiger partial charge in [-0.15, -0.1) is 24.0 Å². The molecule has 0 unspecified atom stereocenters. The molecule has 1 aromatic carbocycles. The Morgan fingerprint density at radius 1 is 1.14 bits per heavy atom. The van der Waals surface area contributed by atoms with E-state index in [1.165, 1.54) is 0 Å². The number of anilines is 1. The Kier molecular flexibility index (Phi) is 11.9. The monoisotopic (exact) mass is 514 g/mol. The average molecular weight is 514 g/mol. The molecule has 2 aromatic rings. The third-order valence-corrected chi connectivity index (χ3v) is 4.05. The van der Waals surface area contributed by atoms with Gasteiger partial charge in [-0.1, -0.05) is 6.07 Å². The first-order valence-electron chi connectivity index (χ1n) is 9.69. The first kappa shape index (κ1) is 24.8. The molecule has 2 rings (SSSR count). The van der Waals surface area contributed by atoms with E-state index in [2.05, 4.69) is 15.6 Å². The summed E-state index contributed by atoms with van der Waals surface area (Å²) in [6, 6.07) is 10.9. The summed E-state index contributed by atoms with van der Waals surface area (Å²) in [5.74, 6) is 2.11. The van der Waals surface area contributed by atoms with Crippen molar-refractivity contribution >= 4 is 35.6 Å². The van der Waals surface area contributed by atoms with E-state index in [0.29, 0.717) is 37.2 Å². The molecule has 8 heteroatoms. The summed E-state index contributed by atoms with van der Waals surface area (Å²) in [4.78, 5) is 16.3. The van der Waals surface area contributed by atoms with Crippen LogP contribution < -0.4 is 25.7 Å². The van der Waals surface area contributed by atoms with Crippen molar-refractivity contribution in [2.45, 2.75) is 33.2 Å². The van der Waals surface area contributed by atoms with E-state index in [4.69, 9.17) is 9.47 Å². The lowest BCUT2D eigenvalue weighted by molar-refractivity contribution is 0.311. The summed E-state index contributed by atoms with van der Waals surface area (Å²) in [6.45, 7) is 6.67. The Bertz CT molecular complexity index is 824. The van der Waals surface area contributed by atoms with Gasteiger partial charge in [0.25, 0.3) is 0 Å². The second-order valence-corrected chi connectivity index (χ2v) is 6.12. The van der Waals surface area contributed by atoms with Crippen molar-refractivity contribution in [3.8, 4) is 11.5 Å². The van der Waals surface area contributed by atoms with Crippen molar-refractivity contribution in [3.63, 3.8) is 0 Å². The number of unbranched alkanes of at least 4 members (excludes halogenated alkanes) is 1. The number of ether oxygens (including phenoxy) is 2. The second kappa shape index (κ2) is 13.9. The molecule has 1 heterocycles. The minimum Gasteiger partial charge on any atom is -0.493 e. The molecular formula is C21H31IN4O3. The molecule has 29 heavy (non-hydrogen) atoms. The van der Waals surface area contributed by atoms with Crippen molar-refractivity contribution in [2.24, 2.45) is 4.99 Å². The third kappa shape index (κ3) is 8.35. The number of pyridine rings is 1. The predicted octanol–water partition coefficient (Wildman–Crippen LogP) is 3.73. The van der Waals surface area contributed by atoms with E-state index in [1.807, 2.05) is 44.3 Å². The molecule has 0 aliphatic heterocycles. The number of nitrogens with zero attached hydrogens (tertiary/aromatic N) is 2. The second-order valence-electron chi connectivity index (χ2n) is 6.12. The number of aliphatic imine (C=N–C) groups is 1. The molecule has 2 N–H and O–H groups in total. The van der Waals surface area contributed by atoms with Crippen LogP contribution in [0.4, 0.5) is 5.69 Å². The molecular weight excluding hydrogens is 483 g/mol. The van der Waals surface area contributed by atoms with Crippen molar-refractivity contribution in [1.82, 2.24) is 9.88 Å². The molecule has 0 amide bonds. The predicted molar refractivity (Wildman–Crippen MR) is 129 cm³/mol. The van der Waals surface area contributed by atoms with Crippen LogP contribution in [0.15, 0.2) is 52.4 Å². The zero-order valence-electron chi connectivity index (χ0n) is 17.3. The molecule has 0 radical (unpaired) electrons. The SMILES string of the molecule is CCNC(=NCCCCn1ccccc1=O)Nc1ccc(OC)c(OCC)c1.I. The largest absolute Gasteiger partial charge is 0.493 e. The van der Waals surface area contributed by atoms with Gasteiger partial charge in [0, 0.05) is 43.7 Å². The van der Waals surface area contributed by atoms with Crippen LogP contribution in [0.1, 0.15) is 26.7 Å². The average Bonchev–Trinajstić information content (AvgIpc) is 2.69. The van der Waals surface area contributed by atoms with E-state index in [9.17, 15) is 4.79 Å². The Morgan fingerprint density at radius 3 is 2.66 bits per heavy atom. The van der Waals surface area contributed by atoms with Gasteiger partial charge in [0.05, 0.1) is 13.7 Å². The number of hydrogen-bond donors (Lipinski definition) is 2. The van der Waals surface area contributed by atoms with Gasteiger partial charge in [0.1, 0.15) is 0 Å². The van der Waals surface area contributed by atoms with Gasteiger partial charge >= 0.3 is 0 Å². The van der Waals surface area contributed by atoms with Crippen LogP contribution >= 0.6 is 24.0 Å². The number of halogens is 1. The van der Waals surface area contributed by atoms with Crippen LogP contribution in [0.5, 0.6) is 11.5 Å². The summed E-state index contributed by atoms with van der Waals surface area (Å²) in [6.07, 6.45) is 3.60. The highest BCUT2D eigenvalue weighted by Gasteiger charge is 2.07. The normalized spacial score (nSPS) is 10.8. The van der Waals surface area contributed by atoms with Crippen LogP contribution in [0, 0.1) is 0 Å². The van der Waals surface area contributed by atoms with E-state index in [1.54, 1.807) is 23.8 Å². The fourth-order valence-electron chi connectivity index (χ4n) is 2.70.